The van der Waals surface area contributed by atoms with Crippen LogP contribution >= 0.6 is 0 Å². The monoisotopic (exact) mass is 284 g/mol. The number of rotatable bonds is 13. The highest BCUT2D eigenvalue weighted by atomic mass is 16.5. The van der Waals surface area contributed by atoms with E-state index in [0.29, 0.717) is 52.0 Å². The van der Waals surface area contributed by atoms with Crippen LogP contribution in [0.2, 0.25) is 0 Å². The van der Waals surface area contributed by atoms with Crippen LogP contribution in [0.25, 0.3) is 0 Å². The van der Waals surface area contributed by atoms with Gasteiger partial charge in [0.05, 0.1) is 25.6 Å². The van der Waals surface area contributed by atoms with Gasteiger partial charge in [0.1, 0.15) is 13.2 Å². The maximum atomic E-state index is 11.4. The summed E-state index contributed by atoms with van der Waals surface area (Å²) < 4.78 is 9.75. The van der Waals surface area contributed by atoms with Crippen LogP contribution in [-0.2, 0) is 19.1 Å². The summed E-state index contributed by atoms with van der Waals surface area (Å²) in [6.45, 7) is 8.58. The molecule has 0 aliphatic heterocycles. The van der Waals surface area contributed by atoms with Crippen molar-refractivity contribution in [1.82, 2.24) is 10.6 Å². The summed E-state index contributed by atoms with van der Waals surface area (Å²) in [5, 5.41) is 5.43. The number of hydrogen-bond acceptors (Lipinski definition) is 4. The van der Waals surface area contributed by atoms with E-state index in [2.05, 4.69) is 23.8 Å². The second kappa shape index (κ2) is 13.5. The van der Waals surface area contributed by atoms with Crippen molar-refractivity contribution < 1.29 is 19.1 Å². The van der Waals surface area contributed by atoms with E-state index in [-0.39, 0.29) is 11.8 Å². The highest BCUT2D eigenvalue weighted by Gasteiger charge is 2.03. The molecule has 6 nitrogen and oxygen atoms in total. The number of hydrogen-bond donors (Lipinski definition) is 2. The van der Waals surface area contributed by atoms with E-state index in [1.165, 1.54) is 12.5 Å². The summed E-state index contributed by atoms with van der Waals surface area (Å²) in [4.78, 5) is 22.8. The van der Waals surface area contributed by atoms with E-state index in [1.807, 2.05) is 0 Å². The Bertz CT molecular complexity index is 276. The molecule has 0 fully saturated rings. The Kier molecular flexibility index (Phi) is 12.1. The van der Waals surface area contributed by atoms with Gasteiger partial charge >= 0.3 is 0 Å². The van der Waals surface area contributed by atoms with Crippen molar-refractivity contribution in [2.24, 2.45) is 0 Å². The fraction of sp³-hybridized carbons (Fsp3) is 0.571. The van der Waals surface area contributed by atoms with Crippen molar-refractivity contribution in [1.29, 1.82) is 0 Å². The molecule has 0 saturated carbocycles. The Hall–Kier alpha value is -1.98. The fourth-order valence-corrected chi connectivity index (χ4v) is 1.41. The molecule has 0 aromatic heterocycles. The molecular weight excluding hydrogens is 260 g/mol. The van der Waals surface area contributed by atoms with Gasteiger partial charge in [-0.3, -0.25) is 9.59 Å². The number of ether oxygens (including phenoxy) is 2. The average molecular weight is 284 g/mol. The maximum Gasteiger partial charge on any atom is 0.220 e. The van der Waals surface area contributed by atoms with Crippen LogP contribution in [0.15, 0.2) is 25.7 Å². The minimum atomic E-state index is -0.0301. The molecular formula is C14H24N2O4. The second-order valence-electron chi connectivity index (χ2n) is 3.98. The molecule has 114 valence electrons. The van der Waals surface area contributed by atoms with Crippen LogP contribution in [0, 0.1) is 0 Å². The Morgan fingerprint density at radius 1 is 0.850 bits per heavy atom. The van der Waals surface area contributed by atoms with Crippen molar-refractivity contribution in [3.8, 4) is 0 Å². The average Bonchev–Trinajstić information content (AvgIpc) is 2.44. The molecule has 0 rings (SSSR count). The van der Waals surface area contributed by atoms with E-state index in [0.717, 1.165) is 0 Å². The van der Waals surface area contributed by atoms with E-state index in [4.69, 9.17) is 9.47 Å². The van der Waals surface area contributed by atoms with Gasteiger partial charge in [0.2, 0.25) is 11.8 Å². The Labute approximate surface area is 120 Å². The van der Waals surface area contributed by atoms with Crippen LogP contribution in [-0.4, -0.2) is 38.1 Å². The molecule has 0 aromatic rings. The lowest BCUT2D eigenvalue weighted by atomic mass is 10.2. The van der Waals surface area contributed by atoms with E-state index < -0.39 is 0 Å². The summed E-state index contributed by atoms with van der Waals surface area (Å²) in [6, 6.07) is 0. The third-order valence-corrected chi connectivity index (χ3v) is 2.38. The van der Waals surface area contributed by atoms with Crippen LogP contribution in [0.4, 0.5) is 0 Å². The van der Waals surface area contributed by atoms with Gasteiger partial charge in [-0.2, -0.15) is 0 Å². The molecule has 0 radical (unpaired) electrons. The molecule has 0 aliphatic carbocycles. The first-order valence-electron chi connectivity index (χ1n) is 6.69. The number of unbranched alkanes of at least 4 members (excludes halogenated alkanes) is 1. The van der Waals surface area contributed by atoms with Gasteiger partial charge in [-0.15, -0.1) is 0 Å². The minimum Gasteiger partial charge on any atom is -0.500 e. The SMILES string of the molecule is C=COCCNC(=O)CCCCC(=O)NCCOC=C. The van der Waals surface area contributed by atoms with Crippen molar-refractivity contribution in [3.05, 3.63) is 25.7 Å². The lowest BCUT2D eigenvalue weighted by molar-refractivity contribution is -0.123. The molecule has 6 heteroatoms. The standard InChI is InChI=1S/C14H24N2O4/c1-3-19-11-9-15-13(17)7-5-6-8-14(18)16-10-12-20-4-2/h3-4H,1-2,5-12H2,(H,15,17)(H,16,18). The number of carbonyl (C=O) groups is 2. The van der Waals surface area contributed by atoms with Crippen molar-refractivity contribution in [3.63, 3.8) is 0 Å². The molecule has 0 spiro atoms. The zero-order valence-electron chi connectivity index (χ0n) is 11.9. The third kappa shape index (κ3) is 12.5. The van der Waals surface area contributed by atoms with Gasteiger partial charge in [0, 0.05) is 12.8 Å². The first kappa shape index (κ1) is 18.0. The fourth-order valence-electron chi connectivity index (χ4n) is 1.41. The maximum absolute atomic E-state index is 11.4. The van der Waals surface area contributed by atoms with Gasteiger partial charge < -0.3 is 20.1 Å². The molecule has 2 N–H and O–H groups in total. The molecule has 0 unspecified atom stereocenters. The van der Waals surface area contributed by atoms with Gasteiger partial charge in [-0.05, 0) is 12.8 Å². The summed E-state index contributed by atoms with van der Waals surface area (Å²) >= 11 is 0. The first-order chi connectivity index (χ1) is 9.70. The molecule has 0 aliphatic rings. The summed E-state index contributed by atoms with van der Waals surface area (Å²) in [5.41, 5.74) is 0. The van der Waals surface area contributed by atoms with Gasteiger partial charge in [0.15, 0.2) is 0 Å². The second-order valence-corrected chi connectivity index (χ2v) is 3.98. The Morgan fingerprint density at radius 2 is 1.25 bits per heavy atom. The zero-order valence-corrected chi connectivity index (χ0v) is 11.9. The van der Waals surface area contributed by atoms with Crippen molar-refractivity contribution in [2.75, 3.05) is 26.3 Å². The predicted molar refractivity (Wildman–Crippen MR) is 76.8 cm³/mol. The van der Waals surface area contributed by atoms with Crippen LogP contribution in [0.3, 0.4) is 0 Å². The van der Waals surface area contributed by atoms with E-state index in [1.54, 1.807) is 0 Å². The van der Waals surface area contributed by atoms with Gasteiger partial charge in [0.25, 0.3) is 0 Å². The molecule has 0 bridgehead atoms. The predicted octanol–water partition coefficient (Wildman–Crippen LogP) is 1.10. The molecule has 0 atom stereocenters. The van der Waals surface area contributed by atoms with E-state index in [9.17, 15) is 9.59 Å². The third-order valence-electron chi connectivity index (χ3n) is 2.38. The zero-order chi connectivity index (χ0) is 15.1. The highest BCUT2D eigenvalue weighted by molar-refractivity contribution is 5.77. The molecule has 0 heterocycles. The smallest absolute Gasteiger partial charge is 0.220 e. The molecule has 0 aromatic carbocycles. The largest absolute Gasteiger partial charge is 0.500 e. The molecule has 20 heavy (non-hydrogen) atoms. The number of carbonyl (C=O) groups excluding carboxylic acids is 2. The van der Waals surface area contributed by atoms with Gasteiger partial charge in [-0.25, -0.2) is 0 Å². The van der Waals surface area contributed by atoms with Crippen molar-refractivity contribution in [2.45, 2.75) is 25.7 Å². The van der Waals surface area contributed by atoms with Crippen LogP contribution < -0.4 is 10.6 Å². The quantitative estimate of drug-likeness (QED) is 0.392. The lowest BCUT2D eigenvalue weighted by Crippen LogP contribution is -2.27. The van der Waals surface area contributed by atoms with Crippen molar-refractivity contribution >= 4 is 11.8 Å². The van der Waals surface area contributed by atoms with E-state index >= 15 is 0 Å². The highest BCUT2D eigenvalue weighted by Crippen LogP contribution is 1.99. The first-order valence-corrected chi connectivity index (χ1v) is 6.69. The van der Waals surface area contributed by atoms with Crippen LogP contribution in [0.1, 0.15) is 25.7 Å². The molecule has 0 saturated heterocycles. The number of amides is 2. The topological polar surface area (TPSA) is 76.7 Å². The normalized spacial score (nSPS) is 9.40. The Morgan fingerprint density at radius 3 is 1.60 bits per heavy atom. The number of nitrogens with one attached hydrogen (secondary N) is 2. The minimum absolute atomic E-state index is 0.0301. The Balaban J connectivity index is 3.36. The summed E-state index contributed by atoms with van der Waals surface area (Å²) in [6.07, 6.45) is 4.88. The summed E-state index contributed by atoms with van der Waals surface area (Å²) in [7, 11) is 0. The molecule has 2 amide bonds. The van der Waals surface area contributed by atoms with Gasteiger partial charge in [-0.1, -0.05) is 13.2 Å². The summed E-state index contributed by atoms with van der Waals surface area (Å²) in [5.74, 6) is -0.0603. The van der Waals surface area contributed by atoms with Crippen LogP contribution in [0.5, 0.6) is 0 Å². The lowest BCUT2D eigenvalue weighted by Gasteiger charge is -2.06.